The highest BCUT2D eigenvalue weighted by molar-refractivity contribution is 6.07. The van der Waals surface area contributed by atoms with Crippen LogP contribution in [0.2, 0.25) is 0 Å². The Kier molecular flexibility index (Phi) is 2.95. The zero-order chi connectivity index (χ0) is 12.4. The van der Waals surface area contributed by atoms with Crippen LogP contribution in [-0.2, 0) is 14.3 Å². The molecule has 0 saturated heterocycles. The van der Waals surface area contributed by atoms with E-state index in [1.807, 2.05) is 0 Å². The predicted molar refractivity (Wildman–Crippen MR) is 61.1 cm³/mol. The lowest BCUT2D eigenvalue weighted by Gasteiger charge is -2.05. The number of rotatable bonds is 2. The minimum absolute atomic E-state index is 0.291. The van der Waals surface area contributed by atoms with Gasteiger partial charge in [0.15, 0.2) is 0 Å². The van der Waals surface area contributed by atoms with Crippen LogP contribution in [0.5, 0.6) is 0 Å². The molecule has 1 aliphatic rings. The topological polar surface area (TPSA) is 52.6 Å². The van der Waals surface area contributed by atoms with Crippen LogP contribution in [0.4, 0.5) is 0 Å². The van der Waals surface area contributed by atoms with Crippen LogP contribution in [0.1, 0.15) is 29.8 Å². The van der Waals surface area contributed by atoms with Gasteiger partial charge in [-0.3, -0.25) is 0 Å². The minimum atomic E-state index is -0.466. The fourth-order valence-electron chi connectivity index (χ4n) is 1.67. The van der Waals surface area contributed by atoms with Crippen molar-refractivity contribution in [1.82, 2.24) is 0 Å². The van der Waals surface area contributed by atoms with Crippen LogP contribution >= 0.6 is 0 Å². The Bertz CT molecular complexity index is 514. The van der Waals surface area contributed by atoms with Crippen LogP contribution in [0.15, 0.2) is 29.8 Å². The van der Waals surface area contributed by atoms with E-state index < -0.39 is 11.9 Å². The number of carbonyl (C=O) groups is 2. The summed E-state index contributed by atoms with van der Waals surface area (Å²) in [5.74, 6) is -0.602. The summed E-state index contributed by atoms with van der Waals surface area (Å²) < 4.78 is 9.98. The normalized spacial score (nSPS) is 16.2. The van der Waals surface area contributed by atoms with Crippen molar-refractivity contribution in [3.8, 4) is 0 Å². The van der Waals surface area contributed by atoms with Crippen molar-refractivity contribution in [2.45, 2.75) is 13.8 Å². The van der Waals surface area contributed by atoms with Gasteiger partial charge in [-0.1, -0.05) is 18.2 Å². The minimum Gasteiger partial charge on any atom is -0.463 e. The third-order valence-corrected chi connectivity index (χ3v) is 2.51. The van der Waals surface area contributed by atoms with Gasteiger partial charge in [0.05, 0.1) is 17.7 Å². The summed E-state index contributed by atoms with van der Waals surface area (Å²) in [6.07, 6.45) is 0. The molecule has 17 heavy (non-hydrogen) atoms. The van der Waals surface area contributed by atoms with Crippen LogP contribution in [-0.4, -0.2) is 18.5 Å². The molecule has 1 aliphatic heterocycles. The van der Waals surface area contributed by atoms with Crippen molar-refractivity contribution < 1.29 is 19.1 Å². The molecule has 2 rings (SSSR count). The van der Waals surface area contributed by atoms with E-state index in [1.165, 1.54) is 0 Å². The molecule has 88 valence electrons. The van der Waals surface area contributed by atoms with Gasteiger partial charge in [0.25, 0.3) is 0 Å². The van der Waals surface area contributed by atoms with Gasteiger partial charge in [-0.05, 0) is 19.9 Å². The third kappa shape index (κ3) is 1.93. The van der Waals surface area contributed by atoms with Gasteiger partial charge in [-0.2, -0.15) is 0 Å². The van der Waals surface area contributed by atoms with Crippen LogP contribution < -0.4 is 0 Å². The molecule has 4 heteroatoms. The summed E-state index contributed by atoms with van der Waals surface area (Å²) >= 11 is 0. The second kappa shape index (κ2) is 4.41. The molecule has 0 N–H and O–H groups in total. The van der Waals surface area contributed by atoms with Crippen molar-refractivity contribution in [2.75, 3.05) is 6.61 Å². The first-order valence-corrected chi connectivity index (χ1v) is 5.34. The Hall–Kier alpha value is -2.10. The number of hydrogen-bond acceptors (Lipinski definition) is 4. The molecule has 0 atom stereocenters. The molecular formula is C13H12O4. The van der Waals surface area contributed by atoms with E-state index in [0.717, 1.165) is 0 Å². The van der Waals surface area contributed by atoms with E-state index in [4.69, 9.17) is 9.47 Å². The number of ether oxygens (including phenoxy) is 2. The lowest BCUT2D eigenvalue weighted by Crippen LogP contribution is -2.07. The van der Waals surface area contributed by atoms with Crippen molar-refractivity contribution >= 4 is 17.7 Å². The molecule has 0 radical (unpaired) electrons. The highest BCUT2D eigenvalue weighted by Crippen LogP contribution is 2.31. The largest absolute Gasteiger partial charge is 0.463 e. The highest BCUT2D eigenvalue weighted by Gasteiger charge is 2.29. The van der Waals surface area contributed by atoms with Gasteiger partial charge in [-0.15, -0.1) is 0 Å². The van der Waals surface area contributed by atoms with E-state index in [0.29, 0.717) is 29.1 Å². The number of hydrogen-bond donors (Lipinski definition) is 0. The first kappa shape index (κ1) is 11.4. The molecule has 0 amide bonds. The second-order valence-electron chi connectivity index (χ2n) is 3.61. The lowest BCUT2D eigenvalue weighted by atomic mass is 10.1. The smallest absolute Gasteiger partial charge is 0.344 e. The molecular weight excluding hydrogens is 220 g/mol. The SMILES string of the molecule is CCOC(=O)/C(C)=C1\OC(=O)c2ccccc21. The van der Waals surface area contributed by atoms with E-state index in [9.17, 15) is 9.59 Å². The Morgan fingerprint density at radius 1 is 1.29 bits per heavy atom. The molecule has 0 spiro atoms. The van der Waals surface area contributed by atoms with Crippen LogP contribution in [0.3, 0.4) is 0 Å². The van der Waals surface area contributed by atoms with Gasteiger partial charge in [0, 0.05) is 5.56 Å². The standard InChI is InChI=1S/C13H12O4/c1-3-16-12(14)8(2)11-9-6-4-5-7-10(9)13(15)17-11/h4-7H,3H2,1-2H3/b11-8-. The number of fused-ring (bicyclic) bond motifs is 1. The molecule has 0 aromatic heterocycles. The van der Waals surface area contributed by atoms with Crippen LogP contribution in [0.25, 0.3) is 5.76 Å². The first-order valence-electron chi connectivity index (χ1n) is 5.34. The van der Waals surface area contributed by atoms with Gasteiger partial charge in [0.1, 0.15) is 5.76 Å². The molecule has 4 nitrogen and oxygen atoms in total. The molecule has 1 heterocycles. The maximum absolute atomic E-state index is 11.6. The summed E-state index contributed by atoms with van der Waals surface area (Å²) in [5.41, 5.74) is 1.43. The van der Waals surface area contributed by atoms with Gasteiger partial charge < -0.3 is 9.47 Å². The molecule has 0 saturated carbocycles. The third-order valence-electron chi connectivity index (χ3n) is 2.51. The molecule has 0 bridgehead atoms. The van der Waals surface area contributed by atoms with E-state index in [2.05, 4.69) is 0 Å². The highest BCUT2D eigenvalue weighted by atomic mass is 16.6. The molecule has 0 aliphatic carbocycles. The van der Waals surface area contributed by atoms with E-state index in [1.54, 1.807) is 38.1 Å². The summed E-state index contributed by atoms with van der Waals surface area (Å²) in [6, 6.07) is 6.96. The molecule has 1 aromatic carbocycles. The van der Waals surface area contributed by atoms with E-state index in [-0.39, 0.29) is 0 Å². The summed E-state index contributed by atoms with van der Waals surface area (Å²) in [7, 11) is 0. The first-order chi connectivity index (χ1) is 8.15. The number of carbonyl (C=O) groups excluding carboxylic acids is 2. The average Bonchev–Trinajstić information content (AvgIpc) is 2.67. The van der Waals surface area contributed by atoms with E-state index >= 15 is 0 Å². The fraction of sp³-hybridized carbons (Fsp3) is 0.231. The number of esters is 2. The summed E-state index contributed by atoms with van der Waals surface area (Å²) in [4.78, 5) is 23.1. The zero-order valence-electron chi connectivity index (χ0n) is 9.65. The van der Waals surface area contributed by atoms with Crippen LogP contribution in [0, 0.1) is 0 Å². The van der Waals surface area contributed by atoms with Gasteiger partial charge in [0.2, 0.25) is 0 Å². The molecule has 1 aromatic rings. The van der Waals surface area contributed by atoms with Crippen molar-refractivity contribution in [1.29, 1.82) is 0 Å². The lowest BCUT2D eigenvalue weighted by molar-refractivity contribution is -0.138. The summed E-state index contributed by atoms with van der Waals surface area (Å²) in [6.45, 7) is 3.60. The zero-order valence-corrected chi connectivity index (χ0v) is 9.65. The number of benzene rings is 1. The summed E-state index contributed by atoms with van der Waals surface area (Å²) in [5, 5.41) is 0. The maximum atomic E-state index is 11.6. The molecule has 0 fully saturated rings. The molecule has 0 unspecified atom stereocenters. The van der Waals surface area contributed by atoms with Crippen molar-refractivity contribution in [2.24, 2.45) is 0 Å². The quantitative estimate of drug-likeness (QED) is 0.579. The Morgan fingerprint density at radius 3 is 2.59 bits per heavy atom. The maximum Gasteiger partial charge on any atom is 0.344 e. The number of cyclic esters (lactones) is 1. The predicted octanol–water partition coefficient (Wildman–Crippen LogP) is 2.15. The Morgan fingerprint density at radius 2 is 1.94 bits per heavy atom. The monoisotopic (exact) mass is 232 g/mol. The fourth-order valence-corrected chi connectivity index (χ4v) is 1.67. The Balaban J connectivity index is 2.46. The van der Waals surface area contributed by atoms with Crippen molar-refractivity contribution in [3.05, 3.63) is 41.0 Å². The second-order valence-corrected chi connectivity index (χ2v) is 3.61. The Labute approximate surface area is 98.8 Å². The van der Waals surface area contributed by atoms with Gasteiger partial charge in [-0.25, -0.2) is 9.59 Å². The van der Waals surface area contributed by atoms with Crippen molar-refractivity contribution in [3.63, 3.8) is 0 Å². The van der Waals surface area contributed by atoms with Gasteiger partial charge >= 0.3 is 11.9 Å². The average molecular weight is 232 g/mol.